The molecule has 5 nitrogen and oxygen atoms in total. The van der Waals surface area contributed by atoms with E-state index in [1.165, 1.54) is 5.56 Å². The average molecular weight is 445 g/mol. The van der Waals surface area contributed by atoms with Crippen molar-refractivity contribution in [2.45, 2.75) is 51.0 Å². The van der Waals surface area contributed by atoms with Crippen molar-refractivity contribution in [2.75, 3.05) is 19.6 Å². The Morgan fingerprint density at radius 1 is 1.29 bits per heavy atom. The molecular weight excluding hydrogens is 412 g/mol. The summed E-state index contributed by atoms with van der Waals surface area (Å²) < 4.78 is 0. The second-order valence-corrected chi connectivity index (χ2v) is 9.15. The second kappa shape index (κ2) is 10.5. The molecule has 0 aliphatic carbocycles. The Balaban J connectivity index is 2.05. The summed E-state index contributed by atoms with van der Waals surface area (Å²) in [6.07, 6.45) is 1.86. The van der Waals surface area contributed by atoms with E-state index < -0.39 is 11.7 Å². The lowest BCUT2D eigenvalue weighted by molar-refractivity contribution is -0.0415. The van der Waals surface area contributed by atoms with Crippen LogP contribution in [-0.4, -0.2) is 35.9 Å². The van der Waals surface area contributed by atoms with Gasteiger partial charge in [0.05, 0.1) is 5.60 Å². The highest BCUT2D eigenvalue weighted by atomic mass is 35.5. The molecule has 1 aliphatic heterocycles. The van der Waals surface area contributed by atoms with Crippen LogP contribution in [0, 0.1) is 5.92 Å². The first-order valence-corrected chi connectivity index (χ1v) is 11.5. The molecule has 2 unspecified atom stereocenters. The van der Waals surface area contributed by atoms with Gasteiger partial charge < -0.3 is 20.8 Å². The highest BCUT2D eigenvalue weighted by Crippen LogP contribution is 2.45. The first kappa shape index (κ1) is 23.6. The first-order chi connectivity index (χ1) is 14.8. The summed E-state index contributed by atoms with van der Waals surface area (Å²) in [6, 6.07) is 14.1. The summed E-state index contributed by atoms with van der Waals surface area (Å²) in [5.74, 6) is 0.408. The van der Waals surface area contributed by atoms with Crippen LogP contribution in [0.4, 0.5) is 4.79 Å². The fourth-order valence-corrected chi connectivity index (χ4v) is 4.89. The van der Waals surface area contributed by atoms with E-state index in [2.05, 4.69) is 36.6 Å². The predicted octanol–water partition coefficient (Wildman–Crippen LogP) is 5.37. The summed E-state index contributed by atoms with van der Waals surface area (Å²) in [6.45, 7) is 6.29. The molecule has 1 aliphatic rings. The highest BCUT2D eigenvalue weighted by Gasteiger charge is 2.40. The fraction of sp³-hybridized carbons (Fsp3) is 0.480. The molecule has 0 bridgehead atoms. The number of carboxylic acid groups (broad SMARTS) is 1. The molecule has 1 saturated heterocycles. The van der Waals surface area contributed by atoms with Crippen LogP contribution in [0.25, 0.3) is 11.1 Å². The van der Waals surface area contributed by atoms with Crippen molar-refractivity contribution < 1.29 is 15.0 Å². The van der Waals surface area contributed by atoms with Crippen LogP contribution in [0.3, 0.4) is 0 Å². The standard InChI is InChI=1S/C25H33ClN2O3/c1-17(2)18-7-3-8-19(15-18)23-21(10-4-11-22(23)26)25(31,12-6-14-28-24(29)30)20-9-5-13-27-16-20/h3-4,7-8,10-11,15,17,20,27-28,31H,5-6,9,12-14,16H2,1-2H3,(H,29,30). The van der Waals surface area contributed by atoms with Crippen molar-refractivity contribution in [1.29, 1.82) is 0 Å². The van der Waals surface area contributed by atoms with Crippen LogP contribution >= 0.6 is 11.6 Å². The van der Waals surface area contributed by atoms with Gasteiger partial charge in [-0.1, -0.05) is 61.8 Å². The van der Waals surface area contributed by atoms with Gasteiger partial charge in [-0.2, -0.15) is 0 Å². The van der Waals surface area contributed by atoms with Crippen LogP contribution in [0.1, 0.15) is 56.6 Å². The number of nitrogens with one attached hydrogen (secondary N) is 2. The van der Waals surface area contributed by atoms with E-state index in [9.17, 15) is 9.90 Å². The predicted molar refractivity (Wildman–Crippen MR) is 126 cm³/mol. The zero-order valence-electron chi connectivity index (χ0n) is 18.3. The Morgan fingerprint density at radius 3 is 2.74 bits per heavy atom. The smallest absolute Gasteiger partial charge is 0.404 e. The molecule has 31 heavy (non-hydrogen) atoms. The van der Waals surface area contributed by atoms with Crippen molar-refractivity contribution in [2.24, 2.45) is 5.92 Å². The van der Waals surface area contributed by atoms with Crippen molar-refractivity contribution in [3.05, 3.63) is 58.6 Å². The Bertz CT molecular complexity index is 896. The minimum Gasteiger partial charge on any atom is -0.465 e. The first-order valence-electron chi connectivity index (χ1n) is 11.1. The highest BCUT2D eigenvalue weighted by molar-refractivity contribution is 6.33. The molecule has 1 fully saturated rings. The molecule has 1 amide bonds. The normalized spacial score (nSPS) is 18.5. The quantitative estimate of drug-likeness (QED) is 0.413. The molecule has 2 atom stereocenters. The average Bonchev–Trinajstić information content (AvgIpc) is 2.77. The molecule has 168 valence electrons. The molecule has 6 heteroatoms. The molecule has 0 radical (unpaired) electrons. The van der Waals surface area contributed by atoms with Gasteiger partial charge in [-0.3, -0.25) is 0 Å². The Hall–Kier alpha value is -2.08. The van der Waals surface area contributed by atoms with Crippen molar-refractivity contribution >= 4 is 17.7 Å². The van der Waals surface area contributed by atoms with E-state index >= 15 is 0 Å². The van der Waals surface area contributed by atoms with Gasteiger partial charge >= 0.3 is 6.09 Å². The minimum absolute atomic E-state index is 0.0246. The van der Waals surface area contributed by atoms with E-state index in [0.29, 0.717) is 30.3 Å². The van der Waals surface area contributed by atoms with Gasteiger partial charge in [0.2, 0.25) is 0 Å². The maximum absolute atomic E-state index is 12.1. The van der Waals surface area contributed by atoms with Crippen LogP contribution in [0.5, 0.6) is 0 Å². The SMILES string of the molecule is CC(C)c1cccc(-c2c(Cl)cccc2C(O)(CCCNC(=O)O)C2CCCNC2)c1. The van der Waals surface area contributed by atoms with Gasteiger partial charge in [0.25, 0.3) is 0 Å². The third kappa shape index (κ3) is 5.59. The maximum Gasteiger partial charge on any atom is 0.404 e. The number of aliphatic hydroxyl groups is 1. The van der Waals surface area contributed by atoms with Crippen molar-refractivity contribution in [1.82, 2.24) is 10.6 Å². The van der Waals surface area contributed by atoms with E-state index in [-0.39, 0.29) is 5.92 Å². The molecule has 3 rings (SSSR count). The van der Waals surface area contributed by atoms with Gasteiger partial charge in [0.15, 0.2) is 0 Å². The lowest BCUT2D eigenvalue weighted by Gasteiger charge is -2.40. The summed E-state index contributed by atoms with van der Waals surface area (Å²) >= 11 is 6.73. The van der Waals surface area contributed by atoms with Gasteiger partial charge in [-0.05, 0) is 60.9 Å². The summed E-state index contributed by atoms with van der Waals surface area (Å²) in [5, 5.41) is 27.5. The zero-order chi connectivity index (χ0) is 22.4. The molecule has 0 saturated carbocycles. The second-order valence-electron chi connectivity index (χ2n) is 8.75. The van der Waals surface area contributed by atoms with Crippen LogP contribution in [0.15, 0.2) is 42.5 Å². The molecule has 0 spiro atoms. The number of rotatable bonds is 8. The van der Waals surface area contributed by atoms with Gasteiger partial charge in [0, 0.05) is 29.6 Å². The van der Waals surface area contributed by atoms with Gasteiger partial charge in [-0.25, -0.2) is 4.79 Å². The number of piperidine rings is 1. The Morgan fingerprint density at radius 2 is 2.06 bits per heavy atom. The van der Waals surface area contributed by atoms with E-state index in [0.717, 1.165) is 42.6 Å². The number of hydrogen-bond donors (Lipinski definition) is 4. The number of amides is 1. The molecular formula is C25H33ClN2O3. The molecule has 0 aromatic heterocycles. The molecule has 1 heterocycles. The van der Waals surface area contributed by atoms with Crippen LogP contribution in [-0.2, 0) is 5.60 Å². The molecule has 4 N–H and O–H groups in total. The van der Waals surface area contributed by atoms with Crippen molar-refractivity contribution in [3.8, 4) is 11.1 Å². The fourth-order valence-electron chi connectivity index (χ4n) is 4.60. The zero-order valence-corrected chi connectivity index (χ0v) is 19.1. The molecule has 2 aromatic rings. The largest absolute Gasteiger partial charge is 0.465 e. The monoisotopic (exact) mass is 444 g/mol. The van der Waals surface area contributed by atoms with E-state index in [1.54, 1.807) is 0 Å². The Kier molecular flexibility index (Phi) is 7.98. The van der Waals surface area contributed by atoms with E-state index in [1.807, 2.05) is 30.3 Å². The third-order valence-corrected chi connectivity index (χ3v) is 6.62. The van der Waals surface area contributed by atoms with Crippen LogP contribution < -0.4 is 10.6 Å². The third-order valence-electron chi connectivity index (χ3n) is 6.31. The van der Waals surface area contributed by atoms with Crippen molar-refractivity contribution in [3.63, 3.8) is 0 Å². The van der Waals surface area contributed by atoms with E-state index in [4.69, 9.17) is 16.7 Å². The lowest BCUT2D eigenvalue weighted by atomic mass is 9.72. The number of hydrogen-bond acceptors (Lipinski definition) is 3. The summed E-state index contributed by atoms with van der Waals surface area (Å²) in [7, 11) is 0. The van der Waals surface area contributed by atoms with Gasteiger partial charge in [0.1, 0.15) is 0 Å². The topological polar surface area (TPSA) is 81.6 Å². The minimum atomic E-state index is -1.11. The van der Waals surface area contributed by atoms with Crippen LogP contribution in [0.2, 0.25) is 5.02 Å². The summed E-state index contributed by atoms with van der Waals surface area (Å²) in [5.41, 5.74) is 2.80. The molecule has 2 aromatic carbocycles. The maximum atomic E-state index is 12.1. The van der Waals surface area contributed by atoms with Gasteiger partial charge in [-0.15, -0.1) is 0 Å². The lowest BCUT2D eigenvalue weighted by Crippen LogP contribution is -2.45. The summed E-state index contributed by atoms with van der Waals surface area (Å²) in [4.78, 5) is 10.9. The Labute approximate surface area is 189 Å². The number of benzene rings is 2. The number of halogens is 1. The number of carbonyl (C=O) groups is 1.